The molecule has 2 aromatic rings. The number of aromatic nitrogens is 1. The Kier molecular flexibility index (Phi) is 5.36. The second kappa shape index (κ2) is 7.49. The number of hydrogen-bond donors (Lipinski definition) is 1. The van der Waals surface area contributed by atoms with Crippen molar-refractivity contribution >= 4 is 39.1 Å². The van der Waals surface area contributed by atoms with E-state index in [0.717, 1.165) is 25.2 Å². The summed E-state index contributed by atoms with van der Waals surface area (Å²) < 4.78 is 13.7. The van der Waals surface area contributed by atoms with Crippen molar-refractivity contribution in [3.05, 3.63) is 57.5 Å². The van der Waals surface area contributed by atoms with Gasteiger partial charge < -0.3 is 10.2 Å². The molecule has 0 bridgehead atoms. The van der Waals surface area contributed by atoms with Gasteiger partial charge in [0.05, 0.1) is 5.56 Å². The molecule has 0 saturated carbocycles. The Morgan fingerprint density at radius 1 is 1.42 bits per heavy atom. The van der Waals surface area contributed by atoms with Gasteiger partial charge in [-0.25, -0.2) is 9.37 Å². The highest BCUT2D eigenvalue weighted by Gasteiger charge is 2.23. The van der Waals surface area contributed by atoms with Crippen LogP contribution < -0.4 is 10.2 Å². The molecule has 126 valence electrons. The van der Waals surface area contributed by atoms with Crippen LogP contribution in [0.15, 0.2) is 41.0 Å². The number of halogens is 3. The standard InChI is InChI=1S/C17H16BrClFN3O/c18-12-7-15(16(19)21-9-12)17(24)22-8-11-5-6-23(10-11)14-3-1-13(20)2-4-14/h1-4,7,9,11H,5-6,8,10H2,(H,22,24). The van der Waals surface area contributed by atoms with E-state index in [0.29, 0.717) is 22.5 Å². The molecule has 4 nitrogen and oxygen atoms in total. The van der Waals surface area contributed by atoms with Crippen LogP contribution in [0.4, 0.5) is 10.1 Å². The predicted octanol–water partition coefficient (Wildman–Crippen LogP) is 3.89. The maximum Gasteiger partial charge on any atom is 0.254 e. The normalized spacial score (nSPS) is 17.1. The Bertz CT molecular complexity index is 741. The number of benzene rings is 1. The third-order valence-corrected chi connectivity index (χ3v) is 4.81. The smallest absolute Gasteiger partial charge is 0.254 e. The molecule has 0 aliphatic carbocycles. The van der Waals surface area contributed by atoms with E-state index in [4.69, 9.17) is 11.6 Å². The van der Waals surface area contributed by atoms with Crippen LogP contribution in [0.5, 0.6) is 0 Å². The summed E-state index contributed by atoms with van der Waals surface area (Å²) in [6, 6.07) is 8.15. The van der Waals surface area contributed by atoms with E-state index in [2.05, 4.69) is 31.1 Å². The Morgan fingerprint density at radius 3 is 2.92 bits per heavy atom. The monoisotopic (exact) mass is 411 g/mol. The molecule has 0 radical (unpaired) electrons. The van der Waals surface area contributed by atoms with Crippen molar-refractivity contribution < 1.29 is 9.18 Å². The highest BCUT2D eigenvalue weighted by Crippen LogP contribution is 2.24. The summed E-state index contributed by atoms with van der Waals surface area (Å²) in [5.41, 5.74) is 1.36. The summed E-state index contributed by atoms with van der Waals surface area (Å²) in [6.07, 6.45) is 2.53. The van der Waals surface area contributed by atoms with Crippen LogP contribution in [-0.2, 0) is 0 Å². The van der Waals surface area contributed by atoms with Crippen molar-refractivity contribution in [3.63, 3.8) is 0 Å². The lowest BCUT2D eigenvalue weighted by Crippen LogP contribution is -2.31. The Morgan fingerprint density at radius 2 is 2.17 bits per heavy atom. The number of nitrogens with one attached hydrogen (secondary N) is 1. The van der Waals surface area contributed by atoms with Crippen LogP contribution in [-0.4, -0.2) is 30.5 Å². The highest BCUT2D eigenvalue weighted by atomic mass is 79.9. The fourth-order valence-corrected chi connectivity index (χ4v) is 3.32. The molecular formula is C17H16BrClFN3O. The molecule has 1 aliphatic heterocycles. The summed E-state index contributed by atoms with van der Waals surface area (Å²) in [7, 11) is 0. The third-order valence-electron chi connectivity index (χ3n) is 4.08. The lowest BCUT2D eigenvalue weighted by molar-refractivity contribution is 0.0948. The molecule has 1 atom stereocenters. The van der Waals surface area contributed by atoms with Crippen LogP contribution in [0.3, 0.4) is 0 Å². The molecule has 0 spiro atoms. The molecule has 1 aromatic heterocycles. The summed E-state index contributed by atoms with van der Waals surface area (Å²) in [6.45, 7) is 2.29. The van der Waals surface area contributed by atoms with Gasteiger partial charge in [-0.15, -0.1) is 0 Å². The molecule has 1 fully saturated rings. The molecule has 1 aromatic carbocycles. The Labute approximate surface area is 153 Å². The molecule has 1 N–H and O–H groups in total. The average molecular weight is 413 g/mol. The van der Waals surface area contributed by atoms with Gasteiger partial charge in [0.25, 0.3) is 5.91 Å². The number of carbonyl (C=O) groups is 1. The fourth-order valence-electron chi connectivity index (χ4n) is 2.80. The molecule has 3 rings (SSSR count). The van der Waals surface area contributed by atoms with E-state index in [1.165, 1.54) is 12.1 Å². The van der Waals surface area contributed by atoms with E-state index in [1.54, 1.807) is 24.4 Å². The molecule has 7 heteroatoms. The van der Waals surface area contributed by atoms with Gasteiger partial charge in [-0.1, -0.05) is 11.6 Å². The summed E-state index contributed by atoms with van der Waals surface area (Å²) in [5, 5.41) is 3.11. The number of hydrogen-bond acceptors (Lipinski definition) is 3. The van der Waals surface area contributed by atoms with Crippen LogP contribution in [0.2, 0.25) is 5.15 Å². The first kappa shape index (κ1) is 17.2. The Balaban J connectivity index is 1.55. The van der Waals surface area contributed by atoms with Crippen LogP contribution in [0, 0.1) is 11.7 Å². The maximum absolute atomic E-state index is 13.0. The molecule has 1 unspecified atom stereocenters. The molecule has 1 aliphatic rings. The predicted molar refractivity (Wildman–Crippen MR) is 96.0 cm³/mol. The Hall–Kier alpha value is -1.66. The summed E-state index contributed by atoms with van der Waals surface area (Å²) in [4.78, 5) is 18.4. The number of amides is 1. The van der Waals surface area contributed by atoms with Gasteiger partial charge >= 0.3 is 0 Å². The molecule has 1 amide bonds. The third kappa shape index (κ3) is 4.05. The van der Waals surface area contributed by atoms with Crippen molar-refractivity contribution in [2.75, 3.05) is 24.5 Å². The van der Waals surface area contributed by atoms with E-state index in [9.17, 15) is 9.18 Å². The SMILES string of the molecule is O=C(NCC1CCN(c2ccc(F)cc2)C1)c1cc(Br)cnc1Cl. The van der Waals surface area contributed by atoms with E-state index in [1.807, 2.05) is 0 Å². The second-order valence-corrected chi connectivity index (χ2v) is 7.05. The molecule has 1 saturated heterocycles. The van der Waals surface area contributed by atoms with Crippen LogP contribution in [0.1, 0.15) is 16.8 Å². The van der Waals surface area contributed by atoms with Crippen LogP contribution in [0.25, 0.3) is 0 Å². The number of rotatable bonds is 4. The fraction of sp³-hybridized carbons (Fsp3) is 0.294. The maximum atomic E-state index is 13.0. The lowest BCUT2D eigenvalue weighted by Gasteiger charge is -2.19. The van der Waals surface area contributed by atoms with Crippen molar-refractivity contribution in [1.82, 2.24) is 10.3 Å². The van der Waals surface area contributed by atoms with E-state index < -0.39 is 0 Å². The molecular weight excluding hydrogens is 397 g/mol. The van der Waals surface area contributed by atoms with Gasteiger partial charge in [0.15, 0.2) is 0 Å². The number of carbonyl (C=O) groups excluding carboxylic acids is 1. The summed E-state index contributed by atoms with van der Waals surface area (Å²) >= 11 is 9.26. The zero-order chi connectivity index (χ0) is 17.1. The first-order chi connectivity index (χ1) is 11.5. The van der Waals surface area contributed by atoms with Gasteiger partial charge in [0.1, 0.15) is 11.0 Å². The zero-order valence-electron chi connectivity index (χ0n) is 12.8. The first-order valence-corrected chi connectivity index (χ1v) is 8.80. The van der Waals surface area contributed by atoms with Crippen molar-refractivity contribution in [1.29, 1.82) is 0 Å². The topological polar surface area (TPSA) is 45.2 Å². The summed E-state index contributed by atoms with van der Waals surface area (Å²) in [5.74, 6) is -0.117. The molecule has 2 heterocycles. The van der Waals surface area contributed by atoms with Crippen molar-refractivity contribution in [3.8, 4) is 0 Å². The molecule has 24 heavy (non-hydrogen) atoms. The van der Waals surface area contributed by atoms with Crippen LogP contribution >= 0.6 is 27.5 Å². The van der Waals surface area contributed by atoms with Crippen molar-refractivity contribution in [2.24, 2.45) is 5.92 Å². The minimum Gasteiger partial charge on any atom is -0.371 e. The van der Waals surface area contributed by atoms with Gasteiger partial charge in [0.2, 0.25) is 0 Å². The minimum atomic E-state index is -0.235. The minimum absolute atomic E-state index is 0.190. The van der Waals surface area contributed by atoms with Gasteiger partial charge in [-0.3, -0.25) is 4.79 Å². The number of pyridine rings is 1. The van der Waals surface area contributed by atoms with Crippen molar-refractivity contribution in [2.45, 2.75) is 6.42 Å². The van der Waals surface area contributed by atoms with Gasteiger partial charge in [-0.05, 0) is 58.6 Å². The lowest BCUT2D eigenvalue weighted by atomic mass is 10.1. The first-order valence-electron chi connectivity index (χ1n) is 7.62. The largest absolute Gasteiger partial charge is 0.371 e. The van der Waals surface area contributed by atoms with Gasteiger partial charge in [0, 0.05) is 36.0 Å². The number of nitrogens with zero attached hydrogens (tertiary/aromatic N) is 2. The van der Waals surface area contributed by atoms with E-state index >= 15 is 0 Å². The number of anilines is 1. The quantitative estimate of drug-likeness (QED) is 0.775. The second-order valence-electron chi connectivity index (χ2n) is 5.78. The highest BCUT2D eigenvalue weighted by molar-refractivity contribution is 9.10. The van der Waals surface area contributed by atoms with E-state index in [-0.39, 0.29) is 16.9 Å². The zero-order valence-corrected chi connectivity index (χ0v) is 15.1. The average Bonchev–Trinajstić information content (AvgIpc) is 3.04. The van der Waals surface area contributed by atoms with Gasteiger partial charge in [-0.2, -0.15) is 0 Å².